The van der Waals surface area contributed by atoms with Gasteiger partial charge in [0, 0.05) is 5.39 Å². The number of hydrogen-bond donors (Lipinski definition) is 0. The molecule has 0 aliphatic carbocycles. The van der Waals surface area contributed by atoms with Crippen molar-refractivity contribution in [1.29, 1.82) is 0 Å². The van der Waals surface area contributed by atoms with Crippen molar-refractivity contribution in [3.63, 3.8) is 0 Å². The van der Waals surface area contributed by atoms with E-state index in [9.17, 15) is 4.79 Å². The predicted molar refractivity (Wildman–Crippen MR) is 58.0 cm³/mol. The van der Waals surface area contributed by atoms with Gasteiger partial charge in [0.25, 0.3) is 0 Å². The smallest absolute Gasteiger partial charge is 1.00 e. The number of benzene rings is 1. The third-order valence-corrected chi connectivity index (χ3v) is 2.22. The van der Waals surface area contributed by atoms with E-state index in [0.29, 0.717) is 6.61 Å². The van der Waals surface area contributed by atoms with Crippen LogP contribution in [0.1, 0.15) is 24.5 Å². The molecule has 0 spiro atoms. The first kappa shape index (κ1) is 13.3. The summed E-state index contributed by atoms with van der Waals surface area (Å²) in [6.07, 6.45) is 0. The van der Waals surface area contributed by atoms with E-state index in [-0.39, 0.29) is 36.7 Å². The first-order chi connectivity index (χ1) is 7.22. The van der Waals surface area contributed by atoms with E-state index >= 15 is 0 Å². The van der Waals surface area contributed by atoms with Crippen molar-refractivity contribution in [3.05, 3.63) is 35.6 Å². The minimum absolute atomic E-state index is 0. The number of rotatable bonds is 2. The molecule has 0 saturated heterocycles. The minimum atomic E-state index is -0.409. The molecule has 0 N–H and O–H groups in total. The number of carbonyl (C=O) groups excluding carboxylic acids is 1. The van der Waals surface area contributed by atoms with Crippen LogP contribution in [0.15, 0.2) is 28.7 Å². The average Bonchev–Trinajstić information content (AvgIpc) is 2.63. The maximum absolute atomic E-state index is 11.4. The molecule has 2 rings (SSSR count). The van der Waals surface area contributed by atoms with Gasteiger partial charge in [0.1, 0.15) is 5.58 Å². The topological polar surface area (TPSA) is 39.4 Å². The Labute approximate surface area is 118 Å². The first-order valence-electron chi connectivity index (χ1n) is 4.88. The van der Waals surface area contributed by atoms with E-state index in [1.807, 2.05) is 25.1 Å². The summed E-state index contributed by atoms with van der Waals surface area (Å²) >= 11 is 0. The van der Waals surface area contributed by atoms with E-state index in [1.54, 1.807) is 13.0 Å². The first-order valence-corrected chi connectivity index (χ1v) is 4.88. The molecule has 4 heteroatoms. The number of esters is 1. The Hall–Kier alpha value is -0.770. The maximum Gasteiger partial charge on any atom is 1.00 e. The van der Waals surface area contributed by atoms with Crippen molar-refractivity contribution in [1.82, 2.24) is 0 Å². The van der Waals surface area contributed by atoms with Gasteiger partial charge in [-0.25, -0.2) is 4.79 Å². The molecular formula is C12H13NaO3. The van der Waals surface area contributed by atoms with Gasteiger partial charge in [0.05, 0.1) is 6.61 Å². The molecule has 16 heavy (non-hydrogen) atoms. The number of carbonyl (C=O) groups is 1. The number of hydrogen-bond acceptors (Lipinski definition) is 3. The minimum Gasteiger partial charge on any atom is -1.00 e. The molecule has 0 bridgehead atoms. The van der Waals surface area contributed by atoms with Crippen LogP contribution >= 0.6 is 0 Å². The van der Waals surface area contributed by atoms with Crippen LogP contribution in [0.2, 0.25) is 0 Å². The van der Waals surface area contributed by atoms with E-state index in [2.05, 4.69) is 0 Å². The van der Waals surface area contributed by atoms with Crippen molar-refractivity contribution in [3.8, 4) is 0 Å². The van der Waals surface area contributed by atoms with Crippen LogP contribution in [0.3, 0.4) is 0 Å². The van der Waals surface area contributed by atoms with Crippen LogP contribution in [0.5, 0.6) is 0 Å². The van der Waals surface area contributed by atoms with Gasteiger partial charge in [-0.1, -0.05) is 18.2 Å². The molecule has 0 radical (unpaired) electrons. The zero-order chi connectivity index (χ0) is 10.8. The third kappa shape index (κ3) is 2.48. The third-order valence-electron chi connectivity index (χ3n) is 2.22. The van der Waals surface area contributed by atoms with Crippen molar-refractivity contribution in [2.75, 3.05) is 6.61 Å². The summed E-state index contributed by atoms with van der Waals surface area (Å²) in [5.74, 6) is -0.144. The van der Waals surface area contributed by atoms with E-state index < -0.39 is 5.97 Å². The molecule has 1 heterocycles. The fourth-order valence-corrected chi connectivity index (χ4v) is 1.51. The summed E-state index contributed by atoms with van der Waals surface area (Å²) < 4.78 is 10.3. The molecule has 1 aromatic heterocycles. The van der Waals surface area contributed by atoms with Crippen molar-refractivity contribution < 1.29 is 44.9 Å². The molecule has 0 saturated carbocycles. The number of para-hydroxylation sites is 1. The van der Waals surface area contributed by atoms with E-state index in [1.165, 1.54) is 0 Å². The summed E-state index contributed by atoms with van der Waals surface area (Å²) in [5.41, 5.74) is 1.77. The van der Waals surface area contributed by atoms with E-state index in [0.717, 1.165) is 16.5 Å². The predicted octanol–water partition coefficient (Wildman–Crippen LogP) is 0.0344. The fourth-order valence-electron chi connectivity index (χ4n) is 1.51. The van der Waals surface area contributed by atoms with E-state index in [4.69, 9.17) is 9.15 Å². The molecule has 3 nitrogen and oxygen atoms in total. The normalized spacial score (nSPS) is 9.88. The molecule has 0 aliphatic rings. The number of fused-ring (bicyclic) bond motifs is 1. The summed E-state index contributed by atoms with van der Waals surface area (Å²) in [6, 6.07) is 7.50. The Kier molecular flexibility index (Phi) is 4.59. The van der Waals surface area contributed by atoms with Crippen LogP contribution in [-0.2, 0) is 4.74 Å². The summed E-state index contributed by atoms with van der Waals surface area (Å²) in [5, 5.41) is 0.929. The molecular weight excluding hydrogens is 215 g/mol. The maximum atomic E-state index is 11.4. The van der Waals surface area contributed by atoms with Crippen molar-refractivity contribution >= 4 is 16.9 Å². The second kappa shape index (κ2) is 5.53. The van der Waals surface area contributed by atoms with Crippen LogP contribution < -0.4 is 29.6 Å². The Morgan fingerprint density at radius 1 is 1.50 bits per heavy atom. The second-order valence-corrected chi connectivity index (χ2v) is 3.32. The van der Waals surface area contributed by atoms with Gasteiger partial charge < -0.3 is 10.6 Å². The summed E-state index contributed by atoms with van der Waals surface area (Å²) in [7, 11) is 0. The molecule has 0 aliphatic heterocycles. The second-order valence-electron chi connectivity index (χ2n) is 3.32. The number of aryl methyl sites for hydroxylation is 1. The number of ether oxygens (including phenoxy) is 1. The zero-order valence-electron chi connectivity index (χ0n) is 10.7. The van der Waals surface area contributed by atoms with Crippen molar-refractivity contribution in [2.45, 2.75) is 13.8 Å². The van der Waals surface area contributed by atoms with Gasteiger partial charge in [-0.3, -0.25) is 0 Å². The van der Waals surface area contributed by atoms with Crippen LogP contribution in [0.4, 0.5) is 0 Å². The molecule has 1 aromatic carbocycles. The van der Waals surface area contributed by atoms with Crippen LogP contribution in [-0.4, -0.2) is 12.6 Å². The van der Waals surface area contributed by atoms with Gasteiger partial charge >= 0.3 is 35.5 Å². The standard InChI is InChI=1S/C12H12O3.Na.H/c1-3-14-12(13)10-7-9-6-4-5-8(2)11(9)15-10;;/h4-7H,3H2,1-2H3;;/q;+1;-1. The molecule has 0 amide bonds. The Morgan fingerprint density at radius 2 is 2.25 bits per heavy atom. The van der Waals surface area contributed by atoms with Gasteiger partial charge in [0.2, 0.25) is 5.76 Å². The largest absolute Gasteiger partial charge is 1.00 e. The number of furan rings is 1. The quantitative estimate of drug-likeness (QED) is 0.538. The van der Waals surface area contributed by atoms with Crippen molar-refractivity contribution in [2.24, 2.45) is 0 Å². The van der Waals surface area contributed by atoms with Crippen LogP contribution in [0, 0.1) is 6.92 Å². The average molecular weight is 228 g/mol. The van der Waals surface area contributed by atoms with Gasteiger partial charge in [0.15, 0.2) is 0 Å². The monoisotopic (exact) mass is 228 g/mol. The van der Waals surface area contributed by atoms with Crippen LogP contribution in [0.25, 0.3) is 11.0 Å². The Bertz CT molecular complexity index is 507. The molecule has 0 fully saturated rings. The zero-order valence-corrected chi connectivity index (χ0v) is 11.7. The molecule has 80 valence electrons. The van der Waals surface area contributed by atoms with Gasteiger partial charge in [-0.2, -0.15) is 0 Å². The fraction of sp³-hybridized carbons (Fsp3) is 0.250. The summed E-state index contributed by atoms with van der Waals surface area (Å²) in [6.45, 7) is 4.07. The SMILES string of the molecule is CCOC(=O)c1cc2cccc(C)c2o1.[H-].[Na+]. The van der Waals surface area contributed by atoms with Gasteiger partial charge in [-0.05, 0) is 25.5 Å². The summed E-state index contributed by atoms with van der Waals surface area (Å²) in [4.78, 5) is 11.4. The van der Waals surface area contributed by atoms with Gasteiger partial charge in [-0.15, -0.1) is 0 Å². The molecule has 0 atom stereocenters. The molecule has 0 unspecified atom stereocenters. The Balaban J connectivity index is 0.00000128. The molecule has 2 aromatic rings. The Morgan fingerprint density at radius 3 is 2.88 bits per heavy atom.